The number of carbonyl (C=O) groups excluding carboxylic acids is 1. The summed E-state index contributed by atoms with van der Waals surface area (Å²) in [7, 11) is 1.86. The Bertz CT molecular complexity index is 393. The predicted molar refractivity (Wildman–Crippen MR) is 70.6 cm³/mol. The first-order valence-electron chi connectivity index (χ1n) is 6.56. The molecule has 2 unspecified atom stereocenters. The fourth-order valence-electron chi connectivity index (χ4n) is 2.61. The molecule has 0 aliphatic heterocycles. The summed E-state index contributed by atoms with van der Waals surface area (Å²) in [5, 5.41) is 0. The summed E-state index contributed by atoms with van der Waals surface area (Å²) in [5.74, 6) is 0.324. The quantitative estimate of drug-likeness (QED) is 0.881. The minimum absolute atomic E-state index is 0.107. The highest BCUT2D eigenvalue weighted by molar-refractivity contribution is 5.78. The molecule has 0 bridgehead atoms. The molecule has 1 aromatic rings. The van der Waals surface area contributed by atoms with E-state index >= 15 is 0 Å². The van der Waals surface area contributed by atoms with Gasteiger partial charge in [-0.25, -0.2) is 0 Å². The first kappa shape index (κ1) is 13.0. The van der Waals surface area contributed by atoms with Gasteiger partial charge in [0.1, 0.15) is 0 Å². The van der Waals surface area contributed by atoms with Crippen molar-refractivity contribution < 1.29 is 4.79 Å². The van der Waals surface area contributed by atoms with E-state index in [0.717, 1.165) is 31.2 Å². The van der Waals surface area contributed by atoms with Crippen LogP contribution in [0.5, 0.6) is 0 Å². The van der Waals surface area contributed by atoms with Crippen molar-refractivity contribution in [2.24, 2.45) is 11.7 Å². The maximum atomic E-state index is 12.3. The summed E-state index contributed by atoms with van der Waals surface area (Å²) in [4.78, 5) is 18.2. The minimum atomic E-state index is 0.107. The number of nitrogens with two attached hydrogens (primary N) is 1. The molecule has 0 aromatic carbocycles. The molecule has 1 heterocycles. The molecule has 18 heavy (non-hydrogen) atoms. The Morgan fingerprint density at radius 1 is 1.56 bits per heavy atom. The Kier molecular flexibility index (Phi) is 4.31. The highest BCUT2D eigenvalue weighted by Gasteiger charge is 2.27. The number of hydrogen-bond donors (Lipinski definition) is 1. The molecule has 2 N–H and O–H groups in total. The topological polar surface area (TPSA) is 59.2 Å². The lowest BCUT2D eigenvalue weighted by molar-refractivity contribution is -0.135. The van der Waals surface area contributed by atoms with Crippen LogP contribution in [-0.4, -0.2) is 28.9 Å². The zero-order valence-electron chi connectivity index (χ0n) is 10.9. The summed E-state index contributed by atoms with van der Waals surface area (Å²) in [5.41, 5.74) is 7.00. The first-order chi connectivity index (χ1) is 8.66. The van der Waals surface area contributed by atoms with Crippen molar-refractivity contribution in [3.63, 3.8) is 0 Å². The SMILES string of the molecule is CN(Cc1cccnc1)C(=O)C1CCCC(N)C1. The number of amides is 1. The van der Waals surface area contributed by atoms with Crippen molar-refractivity contribution in [1.29, 1.82) is 0 Å². The minimum Gasteiger partial charge on any atom is -0.341 e. The van der Waals surface area contributed by atoms with E-state index < -0.39 is 0 Å². The van der Waals surface area contributed by atoms with E-state index in [1.54, 1.807) is 17.3 Å². The van der Waals surface area contributed by atoms with Crippen molar-refractivity contribution in [2.75, 3.05) is 7.05 Å². The van der Waals surface area contributed by atoms with Crippen LogP contribution in [-0.2, 0) is 11.3 Å². The van der Waals surface area contributed by atoms with E-state index in [4.69, 9.17) is 5.73 Å². The van der Waals surface area contributed by atoms with Gasteiger partial charge in [-0.15, -0.1) is 0 Å². The van der Waals surface area contributed by atoms with Crippen LogP contribution < -0.4 is 5.73 Å². The second-order valence-corrected chi connectivity index (χ2v) is 5.18. The highest BCUT2D eigenvalue weighted by Crippen LogP contribution is 2.25. The third kappa shape index (κ3) is 3.29. The Morgan fingerprint density at radius 2 is 2.39 bits per heavy atom. The van der Waals surface area contributed by atoms with Gasteiger partial charge in [-0.1, -0.05) is 12.5 Å². The molecule has 1 aliphatic carbocycles. The molecule has 4 nitrogen and oxygen atoms in total. The number of aromatic nitrogens is 1. The second-order valence-electron chi connectivity index (χ2n) is 5.18. The van der Waals surface area contributed by atoms with Crippen LogP contribution in [0.4, 0.5) is 0 Å². The smallest absolute Gasteiger partial charge is 0.225 e. The van der Waals surface area contributed by atoms with Crippen LogP contribution in [0.15, 0.2) is 24.5 Å². The predicted octanol–water partition coefficient (Wildman–Crippen LogP) is 1.56. The summed E-state index contributed by atoms with van der Waals surface area (Å²) in [6, 6.07) is 4.08. The fourth-order valence-corrected chi connectivity index (χ4v) is 2.61. The van der Waals surface area contributed by atoms with E-state index in [2.05, 4.69) is 4.98 Å². The number of hydrogen-bond acceptors (Lipinski definition) is 3. The number of carbonyl (C=O) groups is 1. The third-order valence-corrected chi connectivity index (χ3v) is 3.58. The van der Waals surface area contributed by atoms with Gasteiger partial charge in [-0.05, 0) is 30.9 Å². The van der Waals surface area contributed by atoms with Crippen LogP contribution in [0.1, 0.15) is 31.2 Å². The maximum Gasteiger partial charge on any atom is 0.225 e. The first-order valence-corrected chi connectivity index (χ1v) is 6.56. The average molecular weight is 247 g/mol. The average Bonchev–Trinajstić information content (AvgIpc) is 2.39. The molecule has 0 radical (unpaired) electrons. The molecule has 0 spiro atoms. The molecule has 1 fully saturated rings. The highest BCUT2D eigenvalue weighted by atomic mass is 16.2. The van der Waals surface area contributed by atoms with E-state index in [9.17, 15) is 4.79 Å². The van der Waals surface area contributed by atoms with E-state index in [0.29, 0.717) is 6.54 Å². The summed E-state index contributed by atoms with van der Waals surface area (Å²) in [6.07, 6.45) is 7.47. The van der Waals surface area contributed by atoms with E-state index in [1.165, 1.54) is 0 Å². The lowest BCUT2D eigenvalue weighted by atomic mass is 9.85. The molecule has 1 saturated carbocycles. The van der Waals surface area contributed by atoms with Crippen LogP contribution in [0.3, 0.4) is 0 Å². The molecule has 2 atom stereocenters. The van der Waals surface area contributed by atoms with Crippen molar-refractivity contribution >= 4 is 5.91 Å². The Balaban J connectivity index is 1.92. The largest absolute Gasteiger partial charge is 0.341 e. The molecule has 1 amide bonds. The summed E-state index contributed by atoms with van der Waals surface area (Å²) < 4.78 is 0. The zero-order chi connectivity index (χ0) is 13.0. The van der Waals surface area contributed by atoms with Crippen LogP contribution in [0.25, 0.3) is 0 Å². The lowest BCUT2D eigenvalue weighted by Crippen LogP contribution is -2.38. The lowest BCUT2D eigenvalue weighted by Gasteiger charge is -2.29. The standard InChI is InChI=1S/C14H21N3O/c1-17(10-11-4-3-7-16-9-11)14(18)12-5-2-6-13(15)8-12/h3-4,7,9,12-13H,2,5-6,8,10,15H2,1H3. The van der Waals surface area contributed by atoms with E-state index in [1.807, 2.05) is 19.2 Å². The van der Waals surface area contributed by atoms with Crippen molar-refractivity contribution in [3.05, 3.63) is 30.1 Å². The van der Waals surface area contributed by atoms with Gasteiger partial charge in [0.2, 0.25) is 5.91 Å². The Morgan fingerprint density at radius 3 is 3.06 bits per heavy atom. The summed E-state index contributed by atoms with van der Waals surface area (Å²) in [6.45, 7) is 0.623. The van der Waals surface area contributed by atoms with Gasteiger partial charge in [0, 0.05) is 37.9 Å². The molecule has 0 saturated heterocycles. The fraction of sp³-hybridized carbons (Fsp3) is 0.571. The molecular weight excluding hydrogens is 226 g/mol. The molecular formula is C14H21N3O. The maximum absolute atomic E-state index is 12.3. The van der Waals surface area contributed by atoms with Gasteiger partial charge in [0.15, 0.2) is 0 Å². The molecule has 98 valence electrons. The monoisotopic (exact) mass is 247 g/mol. The normalized spacial score (nSPS) is 23.7. The molecule has 1 aliphatic rings. The number of rotatable bonds is 3. The molecule has 4 heteroatoms. The van der Waals surface area contributed by atoms with Crippen LogP contribution in [0.2, 0.25) is 0 Å². The summed E-state index contributed by atoms with van der Waals surface area (Å²) >= 11 is 0. The van der Waals surface area contributed by atoms with Crippen molar-refractivity contribution in [1.82, 2.24) is 9.88 Å². The van der Waals surface area contributed by atoms with Gasteiger partial charge in [-0.2, -0.15) is 0 Å². The third-order valence-electron chi connectivity index (χ3n) is 3.58. The van der Waals surface area contributed by atoms with Crippen LogP contribution >= 0.6 is 0 Å². The zero-order valence-corrected chi connectivity index (χ0v) is 10.9. The van der Waals surface area contributed by atoms with Crippen molar-refractivity contribution in [3.8, 4) is 0 Å². The molecule has 2 rings (SSSR count). The molecule has 1 aromatic heterocycles. The van der Waals surface area contributed by atoms with Gasteiger partial charge < -0.3 is 10.6 Å². The number of pyridine rings is 1. The van der Waals surface area contributed by atoms with E-state index in [-0.39, 0.29) is 17.9 Å². The Hall–Kier alpha value is -1.42. The van der Waals surface area contributed by atoms with Gasteiger partial charge >= 0.3 is 0 Å². The second kappa shape index (κ2) is 5.96. The van der Waals surface area contributed by atoms with Gasteiger partial charge in [0.25, 0.3) is 0 Å². The van der Waals surface area contributed by atoms with Crippen molar-refractivity contribution in [2.45, 2.75) is 38.3 Å². The van der Waals surface area contributed by atoms with Gasteiger partial charge in [0.05, 0.1) is 0 Å². The number of nitrogens with zero attached hydrogens (tertiary/aromatic N) is 2. The Labute approximate surface area is 108 Å². The van der Waals surface area contributed by atoms with Crippen LogP contribution in [0, 0.1) is 5.92 Å². The van der Waals surface area contributed by atoms with Gasteiger partial charge in [-0.3, -0.25) is 9.78 Å².